The molecule has 0 unspecified atom stereocenters. The van der Waals surface area contributed by atoms with Crippen molar-refractivity contribution in [2.75, 3.05) is 70.8 Å². The van der Waals surface area contributed by atoms with Crippen LogP contribution in [0.3, 0.4) is 0 Å². The Kier molecular flexibility index (Phi) is 10.3. The molecule has 29 heavy (non-hydrogen) atoms. The molecule has 0 aliphatic carbocycles. The Morgan fingerprint density at radius 1 is 1.00 bits per heavy atom. The number of hydrogen-bond donors (Lipinski definition) is 1. The summed E-state index contributed by atoms with van der Waals surface area (Å²) >= 11 is 0. The summed E-state index contributed by atoms with van der Waals surface area (Å²) in [7, 11) is -3.03. The van der Waals surface area contributed by atoms with Gasteiger partial charge in [-0.05, 0) is 0 Å². The lowest BCUT2D eigenvalue weighted by Gasteiger charge is -2.25. The normalized spacial score (nSPS) is 17.2. The van der Waals surface area contributed by atoms with E-state index < -0.39 is 16.3 Å². The van der Waals surface area contributed by atoms with E-state index in [1.165, 1.54) is 0 Å². The molecule has 0 bridgehead atoms. The molecule has 1 fully saturated rings. The maximum Gasteiger partial charge on any atom is 0.281 e. The van der Waals surface area contributed by atoms with Gasteiger partial charge in [0.1, 0.15) is 11.4 Å². The third-order valence-corrected chi connectivity index (χ3v) is 5.93. The maximum atomic E-state index is 13.5. The van der Waals surface area contributed by atoms with Crippen LogP contribution >= 0.6 is 0 Å². The van der Waals surface area contributed by atoms with Crippen LogP contribution in [0.1, 0.15) is 17.8 Å². The van der Waals surface area contributed by atoms with Crippen LogP contribution in [0, 0.1) is 0 Å². The first kappa shape index (κ1) is 24.0. The zero-order valence-electron chi connectivity index (χ0n) is 16.3. The summed E-state index contributed by atoms with van der Waals surface area (Å²) in [6, 6.07) is 0. The maximum absolute atomic E-state index is 13.5. The number of hydrogen-bond acceptors (Lipinski definition) is 9. The molecule has 1 aliphatic heterocycles. The van der Waals surface area contributed by atoms with Gasteiger partial charge in [-0.15, -0.1) is 5.10 Å². The topological polar surface area (TPSA) is 122 Å². The summed E-state index contributed by atoms with van der Waals surface area (Å²) in [6.07, 6.45) is -2.73. The summed E-state index contributed by atoms with van der Waals surface area (Å²) in [4.78, 5) is 1.80. The first-order valence-corrected chi connectivity index (χ1v) is 11.3. The fourth-order valence-corrected chi connectivity index (χ4v) is 4.05. The fraction of sp³-hybridized carbons (Fsp3) is 0.875. The molecule has 1 aromatic heterocycles. The molecule has 0 saturated carbocycles. The van der Waals surface area contributed by atoms with Gasteiger partial charge in [-0.3, -0.25) is 4.90 Å². The second-order valence-corrected chi connectivity index (χ2v) is 8.80. The van der Waals surface area contributed by atoms with Crippen molar-refractivity contribution in [3.05, 3.63) is 11.4 Å². The summed E-state index contributed by atoms with van der Waals surface area (Å²) in [5.41, 5.74) is 5.20. The molecule has 0 amide bonds. The van der Waals surface area contributed by atoms with Gasteiger partial charge in [0.15, 0.2) is 9.84 Å². The minimum absolute atomic E-state index is 0.0280. The highest BCUT2D eigenvalue weighted by molar-refractivity contribution is 7.91. The van der Waals surface area contributed by atoms with Gasteiger partial charge in [0.2, 0.25) is 0 Å². The molecule has 2 rings (SSSR count). The third-order valence-electron chi connectivity index (χ3n) is 4.32. The molecular formula is C16H29F2N5O5S. The number of rotatable bonds is 14. The van der Waals surface area contributed by atoms with Crippen LogP contribution in [0.15, 0.2) is 0 Å². The second kappa shape index (κ2) is 12.4. The molecule has 0 spiro atoms. The minimum atomic E-state index is -3.03. The lowest BCUT2D eigenvalue weighted by atomic mass is 10.3. The van der Waals surface area contributed by atoms with Crippen LogP contribution in [0.2, 0.25) is 0 Å². The summed E-state index contributed by atoms with van der Waals surface area (Å²) in [5.74, 6) is 0.0560. The molecule has 1 aliphatic rings. The van der Waals surface area contributed by atoms with Crippen LogP contribution in [0.4, 0.5) is 8.78 Å². The molecule has 168 valence electrons. The number of sulfone groups is 1. The van der Waals surface area contributed by atoms with E-state index in [-0.39, 0.29) is 42.6 Å². The lowest BCUT2D eigenvalue weighted by Crippen LogP contribution is -2.40. The van der Waals surface area contributed by atoms with Gasteiger partial charge in [0.25, 0.3) is 6.43 Å². The fourth-order valence-electron chi connectivity index (χ4n) is 2.77. The van der Waals surface area contributed by atoms with E-state index in [0.717, 1.165) is 4.68 Å². The van der Waals surface area contributed by atoms with E-state index in [4.69, 9.17) is 19.9 Å². The van der Waals surface area contributed by atoms with Crippen molar-refractivity contribution in [1.29, 1.82) is 0 Å². The number of nitrogens with two attached hydrogens (primary N) is 1. The predicted octanol–water partition coefficient (Wildman–Crippen LogP) is -0.545. The highest BCUT2D eigenvalue weighted by Crippen LogP contribution is 2.23. The smallest absolute Gasteiger partial charge is 0.281 e. The molecule has 2 N–H and O–H groups in total. The second-order valence-electron chi connectivity index (χ2n) is 6.50. The van der Waals surface area contributed by atoms with Crippen LogP contribution in [0.5, 0.6) is 0 Å². The van der Waals surface area contributed by atoms with Gasteiger partial charge in [-0.25, -0.2) is 21.9 Å². The average Bonchev–Trinajstić information content (AvgIpc) is 3.07. The Balaban J connectivity index is 1.71. The first-order chi connectivity index (χ1) is 13.9. The van der Waals surface area contributed by atoms with Crippen molar-refractivity contribution < 1.29 is 31.4 Å². The SMILES string of the molecule is NCCOCCOCCOCCn1nnc(CN2CCS(=O)(=O)CC2)c1C(F)F. The lowest BCUT2D eigenvalue weighted by molar-refractivity contribution is 0.0135. The molecule has 2 heterocycles. The summed E-state index contributed by atoms with van der Waals surface area (Å²) < 4.78 is 67.0. The van der Waals surface area contributed by atoms with Crippen LogP contribution in [-0.2, 0) is 37.1 Å². The Bertz CT molecular complexity index is 690. The minimum Gasteiger partial charge on any atom is -0.378 e. The first-order valence-electron chi connectivity index (χ1n) is 9.49. The van der Waals surface area contributed by atoms with E-state index in [0.29, 0.717) is 52.7 Å². The quantitative estimate of drug-likeness (QED) is 0.379. The molecule has 10 nitrogen and oxygen atoms in total. The number of halogens is 2. The van der Waals surface area contributed by atoms with Crippen molar-refractivity contribution in [3.63, 3.8) is 0 Å². The highest BCUT2D eigenvalue weighted by Gasteiger charge is 2.26. The van der Waals surface area contributed by atoms with Crippen molar-refractivity contribution in [2.24, 2.45) is 5.73 Å². The third kappa shape index (κ3) is 8.56. The molecule has 13 heteroatoms. The summed E-state index contributed by atoms with van der Waals surface area (Å²) in [5, 5.41) is 7.68. The average molecular weight is 442 g/mol. The van der Waals surface area contributed by atoms with Gasteiger partial charge < -0.3 is 19.9 Å². The Morgan fingerprint density at radius 2 is 1.59 bits per heavy atom. The van der Waals surface area contributed by atoms with Crippen molar-refractivity contribution in [2.45, 2.75) is 19.5 Å². The molecule has 0 radical (unpaired) electrons. The van der Waals surface area contributed by atoms with Crippen LogP contribution < -0.4 is 5.73 Å². The standard InChI is InChI=1S/C16H29F2N5O5S/c17-16(18)15-14(13-22-3-11-29(24,25)12-4-22)20-21-23(15)2-6-27-8-10-28-9-7-26-5-1-19/h16H,1-13,19H2. The van der Waals surface area contributed by atoms with Crippen molar-refractivity contribution in [1.82, 2.24) is 19.9 Å². The van der Waals surface area contributed by atoms with Gasteiger partial charge in [-0.2, -0.15) is 0 Å². The van der Waals surface area contributed by atoms with E-state index in [1.807, 2.05) is 0 Å². The molecule has 0 atom stereocenters. The number of ether oxygens (including phenoxy) is 3. The molecule has 1 saturated heterocycles. The van der Waals surface area contributed by atoms with E-state index in [1.54, 1.807) is 4.90 Å². The molecule has 0 aromatic carbocycles. The number of nitrogens with zero attached hydrogens (tertiary/aromatic N) is 4. The van der Waals surface area contributed by atoms with Crippen LogP contribution in [0.25, 0.3) is 0 Å². The van der Waals surface area contributed by atoms with Gasteiger partial charge in [0, 0.05) is 26.2 Å². The Hall–Kier alpha value is -1.25. The Morgan fingerprint density at radius 3 is 2.17 bits per heavy atom. The molecular weight excluding hydrogens is 412 g/mol. The van der Waals surface area contributed by atoms with Gasteiger partial charge >= 0.3 is 0 Å². The van der Waals surface area contributed by atoms with E-state index >= 15 is 0 Å². The largest absolute Gasteiger partial charge is 0.378 e. The van der Waals surface area contributed by atoms with E-state index in [2.05, 4.69) is 10.3 Å². The molecule has 1 aromatic rings. The van der Waals surface area contributed by atoms with E-state index in [9.17, 15) is 17.2 Å². The van der Waals surface area contributed by atoms with Crippen LogP contribution in [-0.4, -0.2) is 99.1 Å². The zero-order valence-corrected chi connectivity index (χ0v) is 17.2. The monoisotopic (exact) mass is 441 g/mol. The highest BCUT2D eigenvalue weighted by atomic mass is 32.2. The van der Waals surface area contributed by atoms with Gasteiger partial charge in [0.05, 0.1) is 57.7 Å². The number of aromatic nitrogens is 3. The van der Waals surface area contributed by atoms with Gasteiger partial charge in [-0.1, -0.05) is 5.21 Å². The predicted molar refractivity (Wildman–Crippen MR) is 100 cm³/mol. The van der Waals surface area contributed by atoms with Crippen molar-refractivity contribution in [3.8, 4) is 0 Å². The number of alkyl halides is 2. The zero-order chi connectivity index (χ0) is 21.1. The Labute approximate surface area is 169 Å². The summed E-state index contributed by atoms with van der Waals surface area (Å²) in [6.45, 7) is 3.63. The van der Waals surface area contributed by atoms with Crippen molar-refractivity contribution >= 4 is 9.84 Å².